The molecule has 0 bridgehead atoms. The zero-order valence-electron chi connectivity index (χ0n) is 11.5. The Balaban J connectivity index is 1.72. The van der Waals surface area contributed by atoms with Crippen LogP contribution >= 0.6 is 11.9 Å². The van der Waals surface area contributed by atoms with Gasteiger partial charge in [-0.1, -0.05) is 0 Å². The van der Waals surface area contributed by atoms with Crippen LogP contribution in [-0.4, -0.2) is 52.1 Å². The van der Waals surface area contributed by atoms with E-state index in [-0.39, 0.29) is 18.3 Å². The molecule has 0 saturated carbocycles. The number of carbonyl (C=O) groups is 2. The summed E-state index contributed by atoms with van der Waals surface area (Å²) < 4.78 is 12.2. The van der Waals surface area contributed by atoms with E-state index in [1.807, 2.05) is 20.8 Å². The summed E-state index contributed by atoms with van der Waals surface area (Å²) in [5, 5.41) is 0. The molecule has 0 aromatic rings. The van der Waals surface area contributed by atoms with E-state index < -0.39 is 5.60 Å². The molecule has 0 aromatic carbocycles. The third-order valence-electron chi connectivity index (χ3n) is 2.82. The van der Waals surface area contributed by atoms with Gasteiger partial charge in [0.1, 0.15) is 17.6 Å². The van der Waals surface area contributed by atoms with Crippen LogP contribution < -0.4 is 0 Å². The van der Waals surface area contributed by atoms with Gasteiger partial charge in [-0.15, -0.1) is 0 Å². The molecule has 0 atom stereocenters. The van der Waals surface area contributed by atoms with Gasteiger partial charge in [-0.25, -0.2) is 13.9 Å². The second kappa shape index (κ2) is 5.48. The molecule has 6 nitrogen and oxygen atoms in total. The third-order valence-corrected chi connectivity index (χ3v) is 3.49. The largest absolute Gasteiger partial charge is 0.445 e. The van der Waals surface area contributed by atoms with E-state index >= 15 is 0 Å². The van der Waals surface area contributed by atoms with Crippen LogP contribution in [0.25, 0.3) is 0 Å². The van der Waals surface area contributed by atoms with Crippen molar-refractivity contribution >= 4 is 24.1 Å². The lowest BCUT2D eigenvalue weighted by atomic mass is 10.1. The Kier molecular flexibility index (Phi) is 4.13. The second-order valence-corrected chi connectivity index (χ2v) is 6.64. The summed E-state index contributed by atoms with van der Waals surface area (Å²) in [5.41, 5.74) is -0.475. The summed E-state index contributed by atoms with van der Waals surface area (Å²) >= 11 is 1.45. The highest BCUT2D eigenvalue weighted by Gasteiger charge is 2.32. The van der Waals surface area contributed by atoms with E-state index in [2.05, 4.69) is 0 Å². The number of carbonyl (C=O) groups excluding carboxylic acids is 2. The molecule has 2 rings (SSSR count). The summed E-state index contributed by atoms with van der Waals surface area (Å²) in [4.78, 5) is 25.0. The van der Waals surface area contributed by atoms with E-state index in [0.29, 0.717) is 25.9 Å². The molecule has 2 aliphatic rings. The Hall–Kier alpha value is -1.11. The highest BCUT2D eigenvalue weighted by molar-refractivity contribution is 8.03. The van der Waals surface area contributed by atoms with Crippen molar-refractivity contribution in [3.8, 4) is 0 Å². The van der Waals surface area contributed by atoms with Crippen molar-refractivity contribution in [1.82, 2.24) is 9.21 Å². The van der Waals surface area contributed by atoms with Gasteiger partial charge in [0.05, 0.1) is 0 Å². The predicted molar refractivity (Wildman–Crippen MR) is 71.6 cm³/mol. The fraction of sp³-hybridized carbons (Fsp3) is 0.833. The Morgan fingerprint density at radius 3 is 2.21 bits per heavy atom. The van der Waals surface area contributed by atoms with Crippen molar-refractivity contribution in [2.24, 2.45) is 0 Å². The summed E-state index contributed by atoms with van der Waals surface area (Å²) in [6.45, 7) is 6.68. The fourth-order valence-electron chi connectivity index (χ4n) is 1.82. The lowest BCUT2D eigenvalue weighted by Gasteiger charge is -2.33. The second-order valence-electron chi connectivity index (χ2n) is 5.69. The van der Waals surface area contributed by atoms with Crippen molar-refractivity contribution in [3.05, 3.63) is 0 Å². The lowest BCUT2D eigenvalue weighted by molar-refractivity contribution is 0.00540. The molecule has 19 heavy (non-hydrogen) atoms. The lowest BCUT2D eigenvalue weighted by Crippen LogP contribution is -2.44. The van der Waals surface area contributed by atoms with Gasteiger partial charge in [0.15, 0.2) is 0 Å². The first-order valence-electron chi connectivity index (χ1n) is 6.44. The smallest absolute Gasteiger partial charge is 0.421 e. The molecule has 0 unspecified atom stereocenters. The molecule has 2 aliphatic heterocycles. The van der Waals surface area contributed by atoms with E-state index in [9.17, 15) is 9.59 Å². The summed E-state index contributed by atoms with van der Waals surface area (Å²) in [7, 11) is 0. The highest BCUT2D eigenvalue weighted by Crippen LogP contribution is 2.29. The highest BCUT2D eigenvalue weighted by atomic mass is 32.2. The Bertz CT molecular complexity index is 357. The summed E-state index contributed by atoms with van der Waals surface area (Å²) in [5.74, 6) is 0.718. The molecule has 2 heterocycles. The maximum absolute atomic E-state index is 11.8. The molecule has 2 saturated heterocycles. The Morgan fingerprint density at radius 2 is 1.74 bits per heavy atom. The molecular weight excluding hydrogens is 268 g/mol. The van der Waals surface area contributed by atoms with Crippen molar-refractivity contribution < 1.29 is 19.1 Å². The van der Waals surface area contributed by atoms with Crippen LogP contribution in [0.4, 0.5) is 9.59 Å². The van der Waals surface area contributed by atoms with Crippen LogP contribution in [0.2, 0.25) is 0 Å². The maximum Gasteiger partial charge on any atom is 0.421 e. The van der Waals surface area contributed by atoms with Crippen molar-refractivity contribution in [3.63, 3.8) is 0 Å². The minimum absolute atomic E-state index is 0.0904. The molecular formula is C12H20N2O4S. The number of amides is 2. The minimum Gasteiger partial charge on any atom is -0.445 e. The minimum atomic E-state index is -0.475. The fourth-order valence-corrected chi connectivity index (χ4v) is 2.13. The van der Waals surface area contributed by atoms with E-state index in [0.717, 1.165) is 5.88 Å². The maximum atomic E-state index is 11.8. The average Bonchev–Trinajstić information content (AvgIpc) is 3.11. The number of hydrogen-bond acceptors (Lipinski definition) is 5. The SMILES string of the molecule is CC(C)(C)OC(=O)N1CCC(OC(=O)N2CS2)CC1. The first kappa shape index (κ1) is 14.3. The topological polar surface area (TPSA) is 58.8 Å². The third kappa shape index (κ3) is 4.49. The molecule has 0 radical (unpaired) electrons. The number of likely N-dealkylation sites (tertiary alicyclic amines) is 1. The van der Waals surface area contributed by atoms with Gasteiger partial charge >= 0.3 is 12.2 Å². The first-order valence-corrected chi connectivity index (χ1v) is 7.38. The van der Waals surface area contributed by atoms with E-state index in [1.54, 1.807) is 9.21 Å². The molecule has 0 aromatic heterocycles. The quantitative estimate of drug-likeness (QED) is 0.548. The van der Waals surface area contributed by atoms with Crippen LogP contribution in [0, 0.1) is 0 Å². The van der Waals surface area contributed by atoms with Crippen molar-refractivity contribution in [2.45, 2.75) is 45.3 Å². The van der Waals surface area contributed by atoms with Crippen LogP contribution in [0.5, 0.6) is 0 Å². The number of ether oxygens (including phenoxy) is 2. The molecule has 7 heteroatoms. The molecule has 0 N–H and O–H groups in total. The molecule has 108 valence electrons. The summed E-state index contributed by atoms with van der Waals surface area (Å²) in [6.07, 6.45) is 0.694. The first-order chi connectivity index (χ1) is 8.85. The normalized spacial score (nSPS) is 20.2. The van der Waals surface area contributed by atoms with Gasteiger partial charge in [-0.3, -0.25) is 0 Å². The molecule has 0 aliphatic carbocycles. The van der Waals surface area contributed by atoms with Crippen LogP contribution in [-0.2, 0) is 9.47 Å². The van der Waals surface area contributed by atoms with Gasteiger partial charge in [0.25, 0.3) is 0 Å². The monoisotopic (exact) mass is 288 g/mol. The van der Waals surface area contributed by atoms with Crippen molar-refractivity contribution in [1.29, 1.82) is 0 Å². The van der Waals surface area contributed by atoms with Gasteiger partial charge in [0.2, 0.25) is 0 Å². The standard InChI is InChI=1S/C12H20N2O4S/c1-12(2,3)18-10(15)13-6-4-9(5-7-13)17-11(16)14-8-19-14/h9H,4-8H2,1-3H3. The van der Waals surface area contributed by atoms with E-state index in [4.69, 9.17) is 9.47 Å². The van der Waals surface area contributed by atoms with Crippen LogP contribution in [0.3, 0.4) is 0 Å². The predicted octanol–water partition coefficient (Wildman–Crippen LogP) is 2.44. The average molecular weight is 288 g/mol. The number of rotatable bonds is 1. The van der Waals surface area contributed by atoms with Gasteiger partial charge < -0.3 is 14.4 Å². The molecule has 2 fully saturated rings. The Labute approximate surface area is 117 Å². The van der Waals surface area contributed by atoms with Crippen LogP contribution in [0.15, 0.2) is 0 Å². The van der Waals surface area contributed by atoms with Gasteiger partial charge in [0, 0.05) is 25.9 Å². The zero-order valence-corrected chi connectivity index (χ0v) is 12.4. The van der Waals surface area contributed by atoms with Gasteiger partial charge in [-0.05, 0) is 32.7 Å². The van der Waals surface area contributed by atoms with E-state index in [1.165, 1.54) is 11.9 Å². The summed E-state index contributed by atoms with van der Waals surface area (Å²) in [6, 6.07) is 0. The number of piperidine rings is 1. The van der Waals surface area contributed by atoms with Crippen LogP contribution in [0.1, 0.15) is 33.6 Å². The number of nitrogens with zero attached hydrogens (tertiary/aromatic N) is 2. The molecule has 0 spiro atoms. The van der Waals surface area contributed by atoms with Gasteiger partial charge in [-0.2, -0.15) is 0 Å². The number of hydrogen-bond donors (Lipinski definition) is 0. The zero-order chi connectivity index (χ0) is 14.0. The molecule has 2 amide bonds. The van der Waals surface area contributed by atoms with Crippen molar-refractivity contribution in [2.75, 3.05) is 19.0 Å². The Morgan fingerprint density at radius 1 is 1.16 bits per heavy atom.